The number of carbonyl (C=O) groups is 3. The van der Waals surface area contributed by atoms with Crippen molar-refractivity contribution in [1.29, 1.82) is 0 Å². The number of aromatic nitrogens is 2. The Morgan fingerprint density at radius 2 is 1.62 bits per heavy atom. The van der Waals surface area contributed by atoms with E-state index in [9.17, 15) is 14.4 Å². The van der Waals surface area contributed by atoms with Crippen molar-refractivity contribution >= 4 is 40.6 Å². The number of carbonyl (C=O) groups excluding carboxylic acids is 2. The van der Waals surface area contributed by atoms with Crippen LogP contribution in [-0.2, 0) is 9.59 Å². The highest BCUT2D eigenvalue weighted by molar-refractivity contribution is 6.05. The molecule has 0 spiro atoms. The average molecular weight is 563 g/mol. The molecular formula is C34H34N4O4. The topological polar surface area (TPSA) is 113 Å². The van der Waals surface area contributed by atoms with E-state index < -0.39 is 11.5 Å². The molecule has 0 unspecified atom stereocenters. The Morgan fingerprint density at radius 1 is 0.905 bits per heavy atom. The minimum atomic E-state index is -1.02. The number of hydrogen-bond acceptors (Lipinski definition) is 4. The van der Waals surface area contributed by atoms with Crippen LogP contribution >= 0.6 is 0 Å². The standard InChI is InChI=1S/C34H34N4O4/c39-30(40)19-14-23-12-16-26(17-13-23)35-33(42)34(20-6-7-21-34)37-32(41)25-15-18-29-28(22-25)36-31(24-8-2-1-3-9-24)38(29)27-10-4-5-11-27/h1-3,8-9,12-19,22,27H,4-7,10-11,20-21H2,(H,35,42)(H,37,41)(H,39,40)/b19-14+. The molecule has 8 nitrogen and oxygen atoms in total. The van der Waals surface area contributed by atoms with Crippen LogP contribution < -0.4 is 10.6 Å². The molecule has 2 aliphatic carbocycles. The molecule has 8 heteroatoms. The molecule has 42 heavy (non-hydrogen) atoms. The maximum Gasteiger partial charge on any atom is 0.328 e. The number of imidazole rings is 1. The van der Waals surface area contributed by atoms with Gasteiger partial charge >= 0.3 is 5.97 Å². The van der Waals surface area contributed by atoms with Crippen LogP contribution in [0.5, 0.6) is 0 Å². The van der Waals surface area contributed by atoms with Crippen molar-refractivity contribution in [2.75, 3.05) is 5.32 Å². The van der Waals surface area contributed by atoms with Gasteiger partial charge in [0.1, 0.15) is 11.4 Å². The number of fused-ring (bicyclic) bond motifs is 1. The minimum Gasteiger partial charge on any atom is -0.478 e. The Morgan fingerprint density at radius 3 is 2.31 bits per heavy atom. The zero-order valence-corrected chi connectivity index (χ0v) is 23.4. The summed E-state index contributed by atoms with van der Waals surface area (Å²) >= 11 is 0. The minimum absolute atomic E-state index is 0.250. The van der Waals surface area contributed by atoms with Crippen LogP contribution in [0.15, 0.2) is 78.9 Å². The Balaban J connectivity index is 1.24. The number of rotatable bonds is 8. The number of nitrogens with zero attached hydrogens (tertiary/aromatic N) is 2. The molecule has 0 bridgehead atoms. The van der Waals surface area contributed by atoms with Gasteiger partial charge in [0.2, 0.25) is 5.91 Å². The van der Waals surface area contributed by atoms with Crippen LogP contribution in [0.4, 0.5) is 5.69 Å². The predicted octanol–water partition coefficient (Wildman–Crippen LogP) is 6.60. The maximum atomic E-state index is 13.6. The van der Waals surface area contributed by atoms with E-state index in [1.165, 1.54) is 18.9 Å². The monoisotopic (exact) mass is 562 g/mol. The predicted molar refractivity (Wildman–Crippen MR) is 163 cm³/mol. The molecule has 1 heterocycles. The lowest BCUT2D eigenvalue weighted by Gasteiger charge is -2.29. The maximum absolute atomic E-state index is 13.6. The van der Waals surface area contributed by atoms with Crippen LogP contribution in [-0.4, -0.2) is 38.0 Å². The molecule has 3 aromatic carbocycles. The van der Waals surface area contributed by atoms with Crippen LogP contribution in [0.1, 0.15) is 73.3 Å². The molecule has 1 aromatic heterocycles. The summed E-state index contributed by atoms with van der Waals surface area (Å²) in [5.74, 6) is -0.643. The van der Waals surface area contributed by atoms with Crippen molar-refractivity contribution < 1.29 is 19.5 Å². The second-order valence-corrected chi connectivity index (χ2v) is 11.3. The van der Waals surface area contributed by atoms with E-state index in [1.807, 2.05) is 36.4 Å². The summed E-state index contributed by atoms with van der Waals surface area (Å²) in [6.45, 7) is 0. The summed E-state index contributed by atoms with van der Waals surface area (Å²) in [6, 6.07) is 23.2. The quantitative estimate of drug-likeness (QED) is 0.210. The number of carboxylic acid groups (broad SMARTS) is 1. The lowest BCUT2D eigenvalue weighted by atomic mass is 9.95. The van der Waals surface area contributed by atoms with Gasteiger partial charge in [-0.3, -0.25) is 9.59 Å². The second kappa shape index (κ2) is 11.6. The lowest BCUT2D eigenvalue weighted by molar-refractivity contribution is -0.131. The summed E-state index contributed by atoms with van der Waals surface area (Å²) in [4.78, 5) is 42.9. The number of anilines is 1. The number of hydrogen-bond donors (Lipinski definition) is 3. The van der Waals surface area contributed by atoms with E-state index in [0.29, 0.717) is 35.7 Å². The zero-order chi connectivity index (χ0) is 29.1. The normalized spacial score (nSPS) is 16.7. The number of carboxylic acids is 1. The van der Waals surface area contributed by atoms with Gasteiger partial charge in [-0.25, -0.2) is 9.78 Å². The van der Waals surface area contributed by atoms with Gasteiger partial charge in [-0.2, -0.15) is 0 Å². The molecule has 2 saturated carbocycles. The molecule has 3 N–H and O–H groups in total. The summed E-state index contributed by atoms with van der Waals surface area (Å²) < 4.78 is 2.34. The number of nitrogens with one attached hydrogen (secondary N) is 2. The van der Waals surface area contributed by atoms with Gasteiger partial charge < -0.3 is 20.3 Å². The highest BCUT2D eigenvalue weighted by Crippen LogP contribution is 2.37. The largest absolute Gasteiger partial charge is 0.478 e. The summed E-state index contributed by atoms with van der Waals surface area (Å²) in [6.07, 6.45) is 10.0. The Bertz CT molecular complexity index is 1640. The summed E-state index contributed by atoms with van der Waals surface area (Å²) in [5.41, 5.74) is 3.61. The van der Waals surface area contributed by atoms with Crippen molar-refractivity contribution in [3.05, 3.63) is 90.0 Å². The van der Waals surface area contributed by atoms with Gasteiger partial charge in [0.15, 0.2) is 0 Å². The molecule has 214 valence electrons. The molecule has 0 aliphatic heterocycles. The molecule has 6 rings (SSSR count). The molecule has 2 amide bonds. The van der Waals surface area contributed by atoms with E-state index in [1.54, 1.807) is 24.3 Å². The van der Waals surface area contributed by atoms with Crippen molar-refractivity contribution in [2.45, 2.75) is 62.9 Å². The summed E-state index contributed by atoms with van der Waals surface area (Å²) in [5, 5.41) is 14.9. The Labute approximate surface area is 244 Å². The molecule has 4 aromatic rings. The molecular weight excluding hydrogens is 528 g/mol. The van der Waals surface area contributed by atoms with Gasteiger partial charge in [0, 0.05) is 28.9 Å². The molecule has 0 radical (unpaired) electrons. The van der Waals surface area contributed by atoms with E-state index >= 15 is 0 Å². The van der Waals surface area contributed by atoms with Crippen LogP contribution in [0, 0.1) is 0 Å². The van der Waals surface area contributed by atoms with Crippen LogP contribution in [0.3, 0.4) is 0 Å². The van der Waals surface area contributed by atoms with E-state index in [2.05, 4.69) is 27.3 Å². The number of amides is 2. The fourth-order valence-electron chi connectivity index (χ4n) is 6.34. The molecule has 0 saturated heterocycles. The van der Waals surface area contributed by atoms with Gasteiger partial charge in [-0.1, -0.05) is 68.1 Å². The van der Waals surface area contributed by atoms with Crippen molar-refractivity contribution in [1.82, 2.24) is 14.9 Å². The first-order chi connectivity index (χ1) is 20.4. The fraction of sp³-hybridized carbons (Fsp3) is 0.294. The van der Waals surface area contributed by atoms with E-state index in [0.717, 1.165) is 54.2 Å². The third kappa shape index (κ3) is 5.57. The first-order valence-electron chi connectivity index (χ1n) is 14.6. The molecule has 2 fully saturated rings. The van der Waals surface area contributed by atoms with Crippen LogP contribution in [0.2, 0.25) is 0 Å². The SMILES string of the molecule is O=C(O)/C=C/c1ccc(NC(=O)C2(NC(=O)c3ccc4c(c3)nc(-c3ccccc3)n4C3CCCC3)CCCC2)cc1. The molecule has 0 atom stereocenters. The Hall–Kier alpha value is -4.72. The van der Waals surface area contributed by atoms with Gasteiger partial charge in [-0.15, -0.1) is 0 Å². The van der Waals surface area contributed by atoms with Crippen molar-refractivity contribution in [3.63, 3.8) is 0 Å². The van der Waals surface area contributed by atoms with Gasteiger partial charge in [0.25, 0.3) is 5.91 Å². The van der Waals surface area contributed by atoms with Crippen molar-refractivity contribution in [2.24, 2.45) is 0 Å². The average Bonchev–Trinajstić information content (AvgIpc) is 3.77. The number of aliphatic carboxylic acids is 1. The fourth-order valence-corrected chi connectivity index (χ4v) is 6.34. The molecule has 2 aliphatic rings. The highest BCUT2D eigenvalue weighted by Gasteiger charge is 2.42. The zero-order valence-electron chi connectivity index (χ0n) is 23.4. The van der Waals surface area contributed by atoms with Crippen LogP contribution in [0.25, 0.3) is 28.5 Å². The smallest absolute Gasteiger partial charge is 0.328 e. The summed E-state index contributed by atoms with van der Waals surface area (Å²) in [7, 11) is 0. The number of benzene rings is 3. The third-order valence-corrected chi connectivity index (χ3v) is 8.50. The van der Waals surface area contributed by atoms with E-state index in [-0.39, 0.29) is 11.8 Å². The first kappa shape index (κ1) is 27.4. The van der Waals surface area contributed by atoms with Crippen molar-refractivity contribution in [3.8, 4) is 11.4 Å². The Kier molecular flexibility index (Phi) is 7.61. The third-order valence-electron chi connectivity index (χ3n) is 8.50. The lowest BCUT2D eigenvalue weighted by Crippen LogP contribution is -2.55. The van der Waals surface area contributed by atoms with E-state index in [4.69, 9.17) is 10.1 Å². The van der Waals surface area contributed by atoms with Gasteiger partial charge in [0.05, 0.1) is 11.0 Å². The highest BCUT2D eigenvalue weighted by atomic mass is 16.4. The van der Waals surface area contributed by atoms with Gasteiger partial charge in [-0.05, 0) is 67.7 Å². The second-order valence-electron chi connectivity index (χ2n) is 11.3. The first-order valence-corrected chi connectivity index (χ1v) is 14.6.